The Morgan fingerprint density at radius 1 is 1.00 bits per heavy atom. The third-order valence-electron chi connectivity index (χ3n) is 4.89. The Hall–Kier alpha value is -2.53. The van der Waals surface area contributed by atoms with Crippen molar-refractivity contribution in [3.05, 3.63) is 64.2 Å². The third kappa shape index (κ3) is 4.61. The first kappa shape index (κ1) is 19.2. The minimum atomic E-state index is -0.471. The lowest BCUT2D eigenvalue weighted by atomic mass is 10.1. The molecule has 5 nitrogen and oxygen atoms in total. The number of carbonyl (C=O) groups is 2. The minimum Gasteiger partial charge on any atom is -0.452 e. The average Bonchev–Trinajstić information content (AvgIpc) is 2.68. The Kier molecular flexibility index (Phi) is 6.01. The second-order valence-corrected chi connectivity index (χ2v) is 7.10. The predicted molar refractivity (Wildman–Crippen MR) is 106 cm³/mol. The van der Waals surface area contributed by atoms with Crippen LogP contribution in [0.15, 0.2) is 42.5 Å². The van der Waals surface area contributed by atoms with Crippen LogP contribution >= 0.6 is 11.6 Å². The molecule has 0 bridgehead atoms. The van der Waals surface area contributed by atoms with Crippen molar-refractivity contribution in [2.24, 2.45) is 0 Å². The number of anilines is 1. The van der Waals surface area contributed by atoms with Crippen LogP contribution in [0.25, 0.3) is 0 Å². The fourth-order valence-corrected chi connectivity index (χ4v) is 3.33. The molecule has 2 aromatic rings. The normalized spacial score (nSPS) is 14.2. The van der Waals surface area contributed by atoms with Gasteiger partial charge in [-0.3, -0.25) is 4.79 Å². The summed E-state index contributed by atoms with van der Waals surface area (Å²) < 4.78 is 5.20. The van der Waals surface area contributed by atoms with Crippen molar-refractivity contribution < 1.29 is 14.3 Å². The van der Waals surface area contributed by atoms with E-state index in [4.69, 9.17) is 16.3 Å². The number of ether oxygens (including phenoxy) is 1. The van der Waals surface area contributed by atoms with Crippen LogP contribution in [0, 0.1) is 13.8 Å². The van der Waals surface area contributed by atoms with Gasteiger partial charge in [-0.25, -0.2) is 4.79 Å². The van der Waals surface area contributed by atoms with Crippen LogP contribution in [0.4, 0.5) is 5.69 Å². The number of para-hydroxylation sites is 1. The number of aryl methyl sites for hydroxylation is 2. The molecule has 27 heavy (non-hydrogen) atoms. The first-order valence-corrected chi connectivity index (χ1v) is 9.35. The van der Waals surface area contributed by atoms with Gasteiger partial charge < -0.3 is 14.5 Å². The second kappa shape index (κ2) is 8.44. The van der Waals surface area contributed by atoms with Crippen molar-refractivity contribution in [1.82, 2.24) is 4.90 Å². The highest BCUT2D eigenvalue weighted by molar-refractivity contribution is 6.33. The number of hydrogen-bond donors (Lipinski definition) is 0. The van der Waals surface area contributed by atoms with Crippen molar-refractivity contribution in [1.29, 1.82) is 0 Å². The summed E-state index contributed by atoms with van der Waals surface area (Å²) in [5, 5.41) is 0.708. The van der Waals surface area contributed by atoms with E-state index in [2.05, 4.69) is 4.90 Å². The van der Waals surface area contributed by atoms with Gasteiger partial charge in [0, 0.05) is 26.2 Å². The molecule has 0 saturated carbocycles. The highest BCUT2D eigenvalue weighted by atomic mass is 35.5. The van der Waals surface area contributed by atoms with Crippen molar-refractivity contribution in [2.45, 2.75) is 13.8 Å². The molecule has 0 aromatic heterocycles. The molecule has 0 N–H and O–H groups in total. The van der Waals surface area contributed by atoms with Gasteiger partial charge in [0.25, 0.3) is 5.91 Å². The summed E-state index contributed by atoms with van der Waals surface area (Å²) in [6.45, 7) is 6.22. The standard InChI is InChI=1S/C21H23ClN2O3/c1-15-7-8-17(13-16(15)2)21(26)27-14-20(25)24-11-9-23(10-12-24)19-6-4-3-5-18(19)22/h3-8,13H,9-12,14H2,1-2H3. The van der Waals surface area contributed by atoms with Crippen LogP contribution in [0.3, 0.4) is 0 Å². The minimum absolute atomic E-state index is 0.175. The summed E-state index contributed by atoms with van der Waals surface area (Å²) >= 11 is 6.24. The van der Waals surface area contributed by atoms with Crippen molar-refractivity contribution in [2.75, 3.05) is 37.7 Å². The Morgan fingerprint density at radius 2 is 1.70 bits per heavy atom. The van der Waals surface area contributed by atoms with Gasteiger partial charge >= 0.3 is 5.97 Å². The molecule has 0 radical (unpaired) electrons. The molecular weight excluding hydrogens is 364 g/mol. The van der Waals surface area contributed by atoms with Gasteiger partial charge in [-0.05, 0) is 49.2 Å². The number of nitrogens with zero attached hydrogens (tertiary/aromatic N) is 2. The van der Waals surface area contributed by atoms with Crippen LogP contribution in [0.2, 0.25) is 5.02 Å². The maximum absolute atomic E-state index is 12.4. The fraction of sp³-hybridized carbons (Fsp3) is 0.333. The molecule has 3 rings (SSSR count). The zero-order chi connectivity index (χ0) is 19.4. The van der Waals surface area contributed by atoms with E-state index >= 15 is 0 Å². The Labute approximate surface area is 164 Å². The lowest BCUT2D eigenvalue weighted by molar-refractivity contribution is -0.134. The van der Waals surface area contributed by atoms with E-state index in [0.717, 1.165) is 16.8 Å². The zero-order valence-electron chi connectivity index (χ0n) is 15.6. The van der Waals surface area contributed by atoms with E-state index in [0.29, 0.717) is 36.8 Å². The lowest BCUT2D eigenvalue weighted by Crippen LogP contribution is -2.50. The van der Waals surface area contributed by atoms with Crippen LogP contribution in [0.5, 0.6) is 0 Å². The highest BCUT2D eigenvalue weighted by Crippen LogP contribution is 2.26. The van der Waals surface area contributed by atoms with Crippen molar-refractivity contribution >= 4 is 29.2 Å². The van der Waals surface area contributed by atoms with E-state index in [1.54, 1.807) is 17.0 Å². The van der Waals surface area contributed by atoms with Crippen LogP contribution in [0.1, 0.15) is 21.5 Å². The molecule has 0 atom stereocenters. The smallest absolute Gasteiger partial charge is 0.338 e. The fourth-order valence-electron chi connectivity index (χ4n) is 3.08. The van der Waals surface area contributed by atoms with Crippen molar-refractivity contribution in [3.8, 4) is 0 Å². The van der Waals surface area contributed by atoms with E-state index in [1.165, 1.54) is 0 Å². The van der Waals surface area contributed by atoms with Gasteiger partial charge in [-0.1, -0.05) is 29.8 Å². The molecular formula is C21H23ClN2O3. The van der Waals surface area contributed by atoms with E-state index in [1.807, 2.05) is 44.2 Å². The number of piperazine rings is 1. The monoisotopic (exact) mass is 386 g/mol. The first-order valence-electron chi connectivity index (χ1n) is 8.97. The molecule has 0 unspecified atom stereocenters. The molecule has 1 heterocycles. The summed E-state index contributed by atoms with van der Waals surface area (Å²) in [4.78, 5) is 28.4. The van der Waals surface area contributed by atoms with E-state index in [9.17, 15) is 9.59 Å². The van der Waals surface area contributed by atoms with E-state index in [-0.39, 0.29) is 12.5 Å². The average molecular weight is 387 g/mol. The highest BCUT2D eigenvalue weighted by Gasteiger charge is 2.23. The molecule has 1 amide bonds. The molecule has 0 spiro atoms. The Morgan fingerprint density at radius 3 is 2.37 bits per heavy atom. The summed E-state index contributed by atoms with van der Waals surface area (Å²) in [5.41, 5.74) is 3.58. The number of carbonyl (C=O) groups excluding carboxylic acids is 2. The quantitative estimate of drug-likeness (QED) is 0.755. The topological polar surface area (TPSA) is 49.9 Å². The van der Waals surface area contributed by atoms with Gasteiger partial charge in [0.2, 0.25) is 0 Å². The molecule has 1 fully saturated rings. The van der Waals surface area contributed by atoms with Gasteiger partial charge in [0.1, 0.15) is 0 Å². The third-order valence-corrected chi connectivity index (χ3v) is 5.21. The molecule has 2 aromatic carbocycles. The predicted octanol–water partition coefficient (Wildman–Crippen LogP) is 3.46. The molecule has 1 saturated heterocycles. The number of benzene rings is 2. The number of rotatable bonds is 4. The SMILES string of the molecule is Cc1ccc(C(=O)OCC(=O)N2CCN(c3ccccc3Cl)CC2)cc1C. The number of amides is 1. The van der Waals surface area contributed by atoms with Gasteiger partial charge in [0.15, 0.2) is 6.61 Å². The second-order valence-electron chi connectivity index (χ2n) is 6.69. The number of hydrogen-bond acceptors (Lipinski definition) is 4. The van der Waals surface area contributed by atoms with Crippen LogP contribution < -0.4 is 4.90 Å². The maximum atomic E-state index is 12.4. The summed E-state index contributed by atoms with van der Waals surface area (Å²) in [5.74, 6) is -0.646. The molecule has 6 heteroatoms. The Balaban J connectivity index is 1.50. The summed E-state index contributed by atoms with van der Waals surface area (Å²) in [6, 6.07) is 13.1. The molecule has 0 aliphatic carbocycles. The van der Waals surface area contributed by atoms with E-state index < -0.39 is 5.97 Å². The largest absolute Gasteiger partial charge is 0.452 e. The lowest BCUT2D eigenvalue weighted by Gasteiger charge is -2.36. The molecule has 1 aliphatic heterocycles. The van der Waals surface area contributed by atoms with Crippen LogP contribution in [-0.4, -0.2) is 49.6 Å². The Bertz CT molecular complexity index is 845. The maximum Gasteiger partial charge on any atom is 0.338 e. The van der Waals surface area contributed by atoms with Crippen LogP contribution in [-0.2, 0) is 9.53 Å². The molecule has 1 aliphatic rings. The van der Waals surface area contributed by atoms with Crippen molar-refractivity contribution in [3.63, 3.8) is 0 Å². The molecule has 142 valence electrons. The number of esters is 1. The summed E-state index contributed by atoms with van der Waals surface area (Å²) in [7, 11) is 0. The first-order chi connectivity index (χ1) is 13.0. The zero-order valence-corrected chi connectivity index (χ0v) is 16.3. The van der Waals surface area contributed by atoms with Gasteiger partial charge in [0.05, 0.1) is 16.3 Å². The summed E-state index contributed by atoms with van der Waals surface area (Å²) in [6.07, 6.45) is 0. The number of halogens is 1. The van der Waals surface area contributed by atoms with Gasteiger partial charge in [-0.15, -0.1) is 0 Å². The van der Waals surface area contributed by atoms with Gasteiger partial charge in [-0.2, -0.15) is 0 Å².